The van der Waals surface area contributed by atoms with E-state index in [9.17, 15) is 4.79 Å². The van der Waals surface area contributed by atoms with Gasteiger partial charge in [-0.1, -0.05) is 29.5 Å². The molecule has 0 saturated carbocycles. The zero-order chi connectivity index (χ0) is 25.4. The third kappa shape index (κ3) is 6.76. The lowest BCUT2D eigenvalue weighted by Crippen LogP contribution is -2.10. The molecule has 7 nitrogen and oxygen atoms in total. The Morgan fingerprint density at radius 2 is 1.86 bits per heavy atom. The summed E-state index contributed by atoms with van der Waals surface area (Å²) in [6.45, 7) is 2.72. The largest absolute Gasteiger partial charge is 0.388 e. The molecule has 3 N–H and O–H groups in total. The highest BCUT2D eigenvalue weighted by Gasteiger charge is 2.05. The van der Waals surface area contributed by atoms with Crippen molar-refractivity contribution in [3.8, 4) is 11.8 Å². The summed E-state index contributed by atoms with van der Waals surface area (Å²) < 4.78 is 0. The molecule has 3 aromatic heterocycles. The molecule has 3 heterocycles. The number of nitrogens with zero attached hydrogens (tertiary/aromatic N) is 4. The lowest BCUT2D eigenvalue weighted by molar-refractivity contribution is 0.112. The highest BCUT2D eigenvalue weighted by Crippen LogP contribution is 2.21. The molecule has 4 rings (SSSR count). The van der Waals surface area contributed by atoms with Gasteiger partial charge >= 0.3 is 0 Å². The summed E-state index contributed by atoms with van der Waals surface area (Å²) in [6, 6.07) is 11.5. The number of anilines is 2. The van der Waals surface area contributed by atoms with E-state index in [0.29, 0.717) is 22.5 Å². The average Bonchev–Trinajstić information content (AvgIpc) is 2.86. The number of aldehydes is 1. The van der Waals surface area contributed by atoms with E-state index in [2.05, 4.69) is 37.0 Å². The van der Waals surface area contributed by atoms with Crippen molar-refractivity contribution in [1.82, 2.24) is 19.9 Å². The number of nitrogens with one attached hydrogen (secondary N) is 1. The Hall–Kier alpha value is -3.99. The predicted molar refractivity (Wildman–Crippen MR) is 143 cm³/mol. The third-order valence-corrected chi connectivity index (χ3v) is 5.43. The van der Waals surface area contributed by atoms with E-state index in [1.165, 1.54) is 6.20 Å². The van der Waals surface area contributed by atoms with Crippen molar-refractivity contribution in [2.45, 2.75) is 13.5 Å². The second-order valence-corrected chi connectivity index (χ2v) is 8.43. The first kappa shape index (κ1) is 25.6. The van der Waals surface area contributed by atoms with Gasteiger partial charge in [-0.3, -0.25) is 14.8 Å². The van der Waals surface area contributed by atoms with Crippen LogP contribution in [0.2, 0.25) is 5.02 Å². The van der Waals surface area contributed by atoms with E-state index >= 15 is 0 Å². The van der Waals surface area contributed by atoms with Crippen LogP contribution in [0, 0.1) is 18.8 Å². The number of rotatable bonds is 4. The zero-order valence-corrected chi connectivity index (χ0v) is 20.9. The van der Waals surface area contributed by atoms with Crippen molar-refractivity contribution >= 4 is 40.3 Å². The molecule has 0 spiro atoms. The SMILES string of the molecule is CNc1ccc(CN(C)C)c(Cl)c1.Cc1ncc(C=O)cc1C#Cc1cnc(N)c2ncccc12. The minimum absolute atomic E-state index is 0.377. The standard InChI is InChI=1S/C17H12N4O.C10H15ClN2/c1-11-13(7-12(10-22)8-20-11)4-5-14-9-21-17(18)16-15(14)3-2-6-19-16;1-12-9-5-4-8(7-13(2)3)10(11)6-9/h2-3,6-10H,1H3,(H2,18,21);4-6,12H,7H2,1-3H3. The van der Waals surface area contributed by atoms with Crippen molar-refractivity contribution in [2.75, 3.05) is 32.2 Å². The van der Waals surface area contributed by atoms with E-state index in [0.717, 1.165) is 45.7 Å². The molecule has 0 aliphatic rings. The van der Waals surface area contributed by atoms with Crippen LogP contribution in [0.1, 0.15) is 32.7 Å². The number of pyridine rings is 3. The number of carbonyl (C=O) groups is 1. The number of benzene rings is 1. The highest BCUT2D eigenvalue weighted by molar-refractivity contribution is 6.31. The van der Waals surface area contributed by atoms with Gasteiger partial charge in [0.15, 0.2) is 6.29 Å². The predicted octanol–water partition coefficient (Wildman–Crippen LogP) is 4.57. The van der Waals surface area contributed by atoms with Crippen LogP contribution in [0.5, 0.6) is 0 Å². The van der Waals surface area contributed by atoms with Crippen LogP contribution in [-0.2, 0) is 6.54 Å². The Balaban J connectivity index is 0.000000225. The lowest BCUT2D eigenvalue weighted by Gasteiger charge is -2.11. The number of hydrogen-bond acceptors (Lipinski definition) is 7. The molecule has 0 aliphatic heterocycles. The molecular weight excluding hydrogens is 460 g/mol. The molecule has 0 fully saturated rings. The van der Waals surface area contributed by atoms with Crippen LogP contribution in [0.25, 0.3) is 10.9 Å². The van der Waals surface area contributed by atoms with Crippen LogP contribution >= 0.6 is 11.6 Å². The average molecular weight is 487 g/mol. The molecule has 0 bridgehead atoms. The summed E-state index contributed by atoms with van der Waals surface area (Å²) in [4.78, 5) is 25.4. The Bertz CT molecular complexity index is 1410. The molecular formula is C27H27ClN6O. The van der Waals surface area contributed by atoms with E-state index < -0.39 is 0 Å². The van der Waals surface area contributed by atoms with Gasteiger partial charge in [-0.2, -0.15) is 0 Å². The number of nitrogen functional groups attached to an aromatic ring is 1. The van der Waals surface area contributed by atoms with Gasteiger partial charge in [0.1, 0.15) is 11.3 Å². The third-order valence-electron chi connectivity index (χ3n) is 5.08. The topological polar surface area (TPSA) is 97.0 Å². The Kier molecular flexibility index (Phi) is 8.74. The van der Waals surface area contributed by atoms with Crippen molar-refractivity contribution in [1.29, 1.82) is 0 Å². The summed E-state index contributed by atoms with van der Waals surface area (Å²) in [6.07, 6.45) is 5.57. The Morgan fingerprint density at radius 1 is 1.09 bits per heavy atom. The van der Waals surface area contributed by atoms with Crippen LogP contribution < -0.4 is 11.1 Å². The number of halogens is 1. The molecule has 178 valence electrons. The quantitative estimate of drug-likeness (QED) is 0.322. The summed E-state index contributed by atoms with van der Waals surface area (Å²) in [5, 5.41) is 4.72. The highest BCUT2D eigenvalue weighted by atomic mass is 35.5. The summed E-state index contributed by atoms with van der Waals surface area (Å²) in [5.41, 5.74) is 11.4. The molecule has 1 aromatic carbocycles. The molecule has 35 heavy (non-hydrogen) atoms. The van der Waals surface area contributed by atoms with Crippen LogP contribution in [0.3, 0.4) is 0 Å². The van der Waals surface area contributed by atoms with E-state index in [4.69, 9.17) is 17.3 Å². The first-order valence-corrected chi connectivity index (χ1v) is 11.2. The van der Waals surface area contributed by atoms with Crippen molar-refractivity contribution in [3.63, 3.8) is 0 Å². The second kappa shape index (κ2) is 11.9. The van der Waals surface area contributed by atoms with Gasteiger partial charge in [-0.15, -0.1) is 0 Å². The van der Waals surface area contributed by atoms with E-state index in [1.54, 1.807) is 18.5 Å². The monoisotopic (exact) mass is 486 g/mol. The van der Waals surface area contributed by atoms with Crippen LogP contribution in [0.15, 0.2) is 55.0 Å². The molecule has 0 atom stereocenters. The summed E-state index contributed by atoms with van der Waals surface area (Å²) in [7, 11) is 5.95. The van der Waals surface area contributed by atoms with Gasteiger partial charge < -0.3 is 16.0 Å². The molecule has 0 radical (unpaired) electrons. The van der Waals surface area contributed by atoms with Gasteiger partial charge in [-0.25, -0.2) is 4.98 Å². The number of nitrogens with two attached hydrogens (primary N) is 1. The van der Waals surface area contributed by atoms with Gasteiger partial charge in [-0.05, 0) is 56.9 Å². The minimum Gasteiger partial charge on any atom is -0.388 e. The molecule has 4 aromatic rings. The maximum atomic E-state index is 10.8. The Morgan fingerprint density at radius 3 is 2.54 bits per heavy atom. The van der Waals surface area contributed by atoms with Gasteiger partial charge in [0.25, 0.3) is 0 Å². The fraction of sp³-hybridized carbons (Fsp3) is 0.185. The molecule has 8 heteroatoms. The van der Waals surface area contributed by atoms with Gasteiger partial charge in [0.05, 0.1) is 11.3 Å². The van der Waals surface area contributed by atoms with Crippen molar-refractivity contribution in [3.05, 3.63) is 88.0 Å². The van der Waals surface area contributed by atoms with Crippen LogP contribution in [0.4, 0.5) is 11.5 Å². The smallest absolute Gasteiger partial charge is 0.151 e. The molecule has 0 amide bonds. The van der Waals surface area contributed by atoms with Crippen molar-refractivity contribution in [2.24, 2.45) is 0 Å². The normalized spacial score (nSPS) is 10.2. The Labute approximate surface area is 210 Å². The number of fused-ring (bicyclic) bond motifs is 1. The number of carbonyl (C=O) groups excluding carboxylic acids is 1. The molecule has 0 saturated heterocycles. The first-order valence-electron chi connectivity index (χ1n) is 10.9. The van der Waals surface area contributed by atoms with Crippen LogP contribution in [-0.4, -0.2) is 47.3 Å². The maximum Gasteiger partial charge on any atom is 0.151 e. The fourth-order valence-electron chi connectivity index (χ4n) is 3.24. The first-order chi connectivity index (χ1) is 16.8. The minimum atomic E-state index is 0.377. The van der Waals surface area contributed by atoms with Gasteiger partial charge in [0.2, 0.25) is 0 Å². The van der Waals surface area contributed by atoms with E-state index in [-0.39, 0.29) is 0 Å². The zero-order valence-electron chi connectivity index (χ0n) is 20.1. The maximum absolute atomic E-state index is 10.8. The number of hydrogen-bond donors (Lipinski definition) is 2. The fourth-order valence-corrected chi connectivity index (χ4v) is 3.48. The summed E-state index contributed by atoms with van der Waals surface area (Å²) in [5.74, 6) is 6.47. The van der Waals surface area contributed by atoms with Crippen molar-refractivity contribution < 1.29 is 4.79 Å². The summed E-state index contributed by atoms with van der Waals surface area (Å²) >= 11 is 6.09. The molecule has 0 aliphatic carbocycles. The van der Waals surface area contributed by atoms with Gasteiger partial charge in [0, 0.05) is 59.4 Å². The van der Waals surface area contributed by atoms with E-state index in [1.807, 2.05) is 58.4 Å². The lowest BCUT2D eigenvalue weighted by atomic mass is 10.1. The number of aryl methyl sites for hydroxylation is 1. The second-order valence-electron chi connectivity index (χ2n) is 8.02. The number of aromatic nitrogens is 3. The molecule has 0 unspecified atom stereocenters.